The molecule has 0 aliphatic rings. The lowest BCUT2D eigenvalue weighted by Gasteiger charge is -2.19. The quantitative estimate of drug-likeness (QED) is 0.621. The summed E-state index contributed by atoms with van der Waals surface area (Å²) in [5.41, 5.74) is 0.122. The minimum Gasteiger partial charge on any atom is -0.480 e. The molecule has 1 N–H and O–H groups in total. The number of benzene rings is 1. The van der Waals surface area contributed by atoms with Crippen LogP contribution in [-0.2, 0) is 4.79 Å². The van der Waals surface area contributed by atoms with Crippen LogP contribution in [0, 0.1) is 10.1 Å². The van der Waals surface area contributed by atoms with Gasteiger partial charge in [0.1, 0.15) is 6.54 Å². The van der Waals surface area contributed by atoms with Gasteiger partial charge in [-0.3, -0.25) is 19.7 Å². The third-order valence-corrected chi connectivity index (χ3v) is 2.43. The van der Waals surface area contributed by atoms with Gasteiger partial charge < -0.3 is 10.0 Å². The number of amides is 1. The molecule has 0 aromatic heterocycles. The Bertz CT molecular complexity index is 483. The van der Waals surface area contributed by atoms with Crippen molar-refractivity contribution in [3.05, 3.63) is 39.9 Å². The van der Waals surface area contributed by atoms with Gasteiger partial charge in [0.25, 0.3) is 11.6 Å². The number of hydrogen-bond donors (Lipinski definition) is 1. The molecule has 0 atom stereocenters. The average molecular weight is 266 g/mol. The SMILES string of the molecule is CCCN(CC(=O)O)C(=O)c1ccc([N+](=O)[O-])cc1. The molecular formula is C12H14N2O5. The smallest absolute Gasteiger partial charge is 0.323 e. The highest BCUT2D eigenvalue weighted by Crippen LogP contribution is 2.13. The van der Waals surface area contributed by atoms with Gasteiger partial charge in [0.15, 0.2) is 0 Å². The average Bonchev–Trinajstić information content (AvgIpc) is 2.37. The zero-order valence-corrected chi connectivity index (χ0v) is 10.4. The number of aliphatic carboxylic acids is 1. The van der Waals surface area contributed by atoms with Gasteiger partial charge in [-0.15, -0.1) is 0 Å². The van der Waals surface area contributed by atoms with Crippen LogP contribution in [0.15, 0.2) is 24.3 Å². The molecule has 0 radical (unpaired) electrons. The lowest BCUT2D eigenvalue weighted by molar-refractivity contribution is -0.384. The Morgan fingerprint density at radius 2 is 1.89 bits per heavy atom. The first-order valence-electron chi connectivity index (χ1n) is 5.71. The maximum Gasteiger partial charge on any atom is 0.323 e. The topological polar surface area (TPSA) is 101 Å². The first-order valence-corrected chi connectivity index (χ1v) is 5.71. The van der Waals surface area contributed by atoms with Crippen LogP contribution in [0.5, 0.6) is 0 Å². The minimum absolute atomic E-state index is 0.114. The van der Waals surface area contributed by atoms with Crippen LogP contribution in [0.3, 0.4) is 0 Å². The second-order valence-electron chi connectivity index (χ2n) is 3.92. The van der Waals surface area contributed by atoms with Crippen molar-refractivity contribution in [2.45, 2.75) is 13.3 Å². The van der Waals surface area contributed by atoms with Crippen molar-refractivity contribution in [1.29, 1.82) is 0 Å². The number of rotatable bonds is 6. The number of carbonyl (C=O) groups excluding carboxylic acids is 1. The van der Waals surface area contributed by atoms with Crippen molar-refractivity contribution in [2.24, 2.45) is 0 Å². The van der Waals surface area contributed by atoms with Crippen molar-refractivity contribution < 1.29 is 19.6 Å². The van der Waals surface area contributed by atoms with E-state index in [0.29, 0.717) is 13.0 Å². The molecule has 0 unspecified atom stereocenters. The molecule has 1 aromatic rings. The zero-order valence-electron chi connectivity index (χ0n) is 10.4. The molecule has 0 bridgehead atoms. The highest BCUT2D eigenvalue weighted by atomic mass is 16.6. The number of nitro groups is 1. The second kappa shape index (κ2) is 6.48. The molecule has 0 saturated heterocycles. The summed E-state index contributed by atoms with van der Waals surface area (Å²) in [6, 6.07) is 5.09. The van der Waals surface area contributed by atoms with Gasteiger partial charge in [-0.05, 0) is 18.6 Å². The fourth-order valence-corrected chi connectivity index (χ4v) is 1.59. The maximum absolute atomic E-state index is 12.0. The lowest BCUT2D eigenvalue weighted by Crippen LogP contribution is -2.36. The number of non-ortho nitro benzene ring substituents is 1. The lowest BCUT2D eigenvalue weighted by atomic mass is 10.1. The molecule has 0 saturated carbocycles. The fraction of sp³-hybridized carbons (Fsp3) is 0.333. The second-order valence-corrected chi connectivity index (χ2v) is 3.92. The van der Waals surface area contributed by atoms with E-state index in [4.69, 9.17) is 5.11 Å². The summed E-state index contributed by atoms with van der Waals surface area (Å²) in [5, 5.41) is 19.2. The monoisotopic (exact) mass is 266 g/mol. The Labute approximate surface area is 109 Å². The van der Waals surface area contributed by atoms with Crippen LogP contribution < -0.4 is 0 Å². The number of nitrogens with zero attached hydrogens (tertiary/aromatic N) is 2. The number of carboxylic acid groups (broad SMARTS) is 1. The third-order valence-electron chi connectivity index (χ3n) is 2.43. The molecule has 0 aliphatic carbocycles. The van der Waals surface area contributed by atoms with Crippen LogP contribution in [0.2, 0.25) is 0 Å². The zero-order chi connectivity index (χ0) is 14.4. The first kappa shape index (κ1) is 14.6. The highest BCUT2D eigenvalue weighted by Gasteiger charge is 2.18. The Morgan fingerprint density at radius 3 is 2.32 bits per heavy atom. The van der Waals surface area contributed by atoms with Gasteiger partial charge in [0.05, 0.1) is 4.92 Å². The van der Waals surface area contributed by atoms with Gasteiger partial charge in [-0.2, -0.15) is 0 Å². The molecule has 7 nitrogen and oxygen atoms in total. The summed E-state index contributed by atoms with van der Waals surface area (Å²) in [4.78, 5) is 33.9. The van der Waals surface area contributed by atoms with E-state index in [0.717, 1.165) is 0 Å². The van der Waals surface area contributed by atoms with Crippen LogP contribution >= 0.6 is 0 Å². The molecule has 1 amide bonds. The van der Waals surface area contributed by atoms with E-state index < -0.39 is 16.8 Å². The molecule has 0 heterocycles. The van der Waals surface area contributed by atoms with E-state index in [2.05, 4.69) is 0 Å². The Balaban J connectivity index is 2.89. The summed E-state index contributed by atoms with van der Waals surface area (Å²) in [7, 11) is 0. The van der Waals surface area contributed by atoms with Crippen molar-refractivity contribution in [2.75, 3.05) is 13.1 Å². The predicted octanol–water partition coefficient (Wildman–Crippen LogP) is 1.53. The third kappa shape index (κ3) is 4.06. The summed E-state index contributed by atoms with van der Waals surface area (Å²) in [6.45, 7) is 1.77. The molecule has 102 valence electrons. The number of carboxylic acids is 1. The first-order chi connectivity index (χ1) is 8.95. The standard InChI is InChI=1S/C12H14N2O5/c1-2-7-13(8-11(15)16)12(17)9-3-5-10(6-4-9)14(18)19/h3-6H,2,7-8H2,1H3,(H,15,16). The molecular weight excluding hydrogens is 252 g/mol. The Kier molecular flexibility index (Phi) is 4.99. The number of carbonyl (C=O) groups is 2. The Hall–Kier alpha value is -2.44. The summed E-state index contributed by atoms with van der Waals surface area (Å²) in [6.07, 6.45) is 0.631. The Morgan fingerprint density at radius 1 is 1.32 bits per heavy atom. The minimum atomic E-state index is -1.09. The fourth-order valence-electron chi connectivity index (χ4n) is 1.59. The van der Waals surface area contributed by atoms with Crippen molar-refractivity contribution >= 4 is 17.6 Å². The molecule has 0 aliphatic heterocycles. The molecule has 7 heteroatoms. The van der Waals surface area contributed by atoms with Crippen LogP contribution in [0.25, 0.3) is 0 Å². The van der Waals surface area contributed by atoms with Crippen LogP contribution in [-0.4, -0.2) is 39.9 Å². The normalized spacial score (nSPS) is 9.95. The van der Waals surface area contributed by atoms with Gasteiger partial charge in [0.2, 0.25) is 0 Å². The van der Waals surface area contributed by atoms with E-state index in [1.807, 2.05) is 6.92 Å². The van der Waals surface area contributed by atoms with Crippen LogP contribution in [0.4, 0.5) is 5.69 Å². The van der Waals surface area contributed by atoms with Crippen molar-refractivity contribution in [3.63, 3.8) is 0 Å². The highest BCUT2D eigenvalue weighted by molar-refractivity contribution is 5.96. The van der Waals surface area contributed by atoms with E-state index in [1.165, 1.54) is 29.2 Å². The van der Waals surface area contributed by atoms with Gasteiger partial charge in [-0.1, -0.05) is 6.92 Å². The summed E-state index contributed by atoms with van der Waals surface area (Å²) < 4.78 is 0. The van der Waals surface area contributed by atoms with Gasteiger partial charge in [0, 0.05) is 24.2 Å². The number of hydrogen-bond acceptors (Lipinski definition) is 4. The molecule has 1 aromatic carbocycles. The molecule has 0 spiro atoms. The predicted molar refractivity (Wildman–Crippen MR) is 66.9 cm³/mol. The van der Waals surface area contributed by atoms with E-state index in [9.17, 15) is 19.7 Å². The van der Waals surface area contributed by atoms with Gasteiger partial charge >= 0.3 is 5.97 Å². The largest absolute Gasteiger partial charge is 0.480 e. The summed E-state index contributed by atoms with van der Waals surface area (Å²) >= 11 is 0. The molecule has 0 fully saturated rings. The van der Waals surface area contributed by atoms with Crippen LogP contribution in [0.1, 0.15) is 23.7 Å². The van der Waals surface area contributed by atoms with Gasteiger partial charge in [-0.25, -0.2) is 0 Å². The molecule has 19 heavy (non-hydrogen) atoms. The summed E-state index contributed by atoms with van der Waals surface area (Å²) in [5.74, 6) is -1.54. The maximum atomic E-state index is 12.0. The van der Waals surface area contributed by atoms with Crippen molar-refractivity contribution in [1.82, 2.24) is 4.90 Å². The number of nitro benzene ring substituents is 1. The molecule has 1 rings (SSSR count). The van der Waals surface area contributed by atoms with E-state index in [-0.39, 0.29) is 17.8 Å². The van der Waals surface area contributed by atoms with E-state index >= 15 is 0 Å². The van der Waals surface area contributed by atoms with E-state index in [1.54, 1.807) is 0 Å². The van der Waals surface area contributed by atoms with Crippen molar-refractivity contribution in [3.8, 4) is 0 Å².